The first kappa shape index (κ1) is 15.2. The number of aliphatic hydroxyl groups excluding tert-OH is 1. The molecule has 1 heterocycles. The van der Waals surface area contributed by atoms with Gasteiger partial charge in [0.15, 0.2) is 8.68 Å². The van der Waals surface area contributed by atoms with Crippen LogP contribution < -0.4 is 4.72 Å². The SMILES string of the molecule is Cc1nc(Cl)sc1S(=O)(=O)Nc1ccc(CCO)cc1. The summed E-state index contributed by atoms with van der Waals surface area (Å²) in [7, 11) is -3.68. The number of halogens is 1. The molecule has 20 heavy (non-hydrogen) atoms. The van der Waals surface area contributed by atoms with Crippen molar-refractivity contribution < 1.29 is 13.5 Å². The van der Waals surface area contributed by atoms with E-state index in [1.165, 1.54) is 0 Å². The smallest absolute Gasteiger partial charge is 0.273 e. The predicted octanol–water partition coefficient (Wildman–Crippen LogP) is 2.44. The summed E-state index contributed by atoms with van der Waals surface area (Å²) in [4.78, 5) is 3.89. The molecule has 108 valence electrons. The fourth-order valence-electron chi connectivity index (χ4n) is 1.67. The molecule has 0 aliphatic heterocycles. The Bertz CT molecular complexity index is 696. The quantitative estimate of drug-likeness (QED) is 0.881. The van der Waals surface area contributed by atoms with Gasteiger partial charge in [-0.05, 0) is 31.0 Å². The fraction of sp³-hybridized carbons (Fsp3) is 0.250. The Hall–Kier alpha value is -1.15. The molecule has 5 nitrogen and oxygen atoms in total. The van der Waals surface area contributed by atoms with E-state index in [0.717, 1.165) is 16.9 Å². The number of hydrogen-bond donors (Lipinski definition) is 2. The van der Waals surface area contributed by atoms with Crippen molar-refractivity contribution in [2.24, 2.45) is 0 Å². The molecule has 2 rings (SSSR count). The lowest BCUT2D eigenvalue weighted by Gasteiger charge is -2.07. The Morgan fingerprint density at radius 2 is 2.00 bits per heavy atom. The molecule has 1 aromatic carbocycles. The molecule has 0 fully saturated rings. The number of thiazole rings is 1. The number of nitrogens with zero attached hydrogens (tertiary/aromatic N) is 1. The summed E-state index contributed by atoms with van der Waals surface area (Å²) < 4.78 is 27.2. The number of anilines is 1. The van der Waals surface area contributed by atoms with E-state index in [1.807, 2.05) is 0 Å². The maximum Gasteiger partial charge on any atom is 0.273 e. The number of nitrogens with one attached hydrogen (secondary N) is 1. The Morgan fingerprint density at radius 1 is 1.35 bits per heavy atom. The number of sulfonamides is 1. The van der Waals surface area contributed by atoms with E-state index < -0.39 is 10.0 Å². The summed E-state index contributed by atoms with van der Waals surface area (Å²) >= 11 is 6.64. The molecule has 0 bridgehead atoms. The van der Waals surface area contributed by atoms with Gasteiger partial charge in [0.25, 0.3) is 10.0 Å². The van der Waals surface area contributed by atoms with Crippen LogP contribution in [0.15, 0.2) is 28.5 Å². The summed E-state index contributed by atoms with van der Waals surface area (Å²) in [5.41, 5.74) is 1.77. The highest BCUT2D eigenvalue weighted by molar-refractivity contribution is 7.94. The van der Waals surface area contributed by atoms with Crippen LogP contribution in [0.2, 0.25) is 4.47 Å². The van der Waals surface area contributed by atoms with E-state index in [0.29, 0.717) is 17.8 Å². The van der Waals surface area contributed by atoms with Gasteiger partial charge in [-0.3, -0.25) is 4.72 Å². The molecule has 2 N–H and O–H groups in total. The highest BCUT2D eigenvalue weighted by Crippen LogP contribution is 2.28. The number of aryl methyl sites for hydroxylation is 1. The largest absolute Gasteiger partial charge is 0.396 e. The molecule has 0 saturated carbocycles. The standard InChI is InChI=1S/C12H13ClN2O3S2/c1-8-11(19-12(13)14-8)20(17,18)15-10-4-2-9(3-5-10)6-7-16/h2-5,15-16H,6-7H2,1H3. The molecule has 0 atom stereocenters. The average Bonchev–Trinajstić information content (AvgIpc) is 2.72. The number of aromatic nitrogens is 1. The second-order valence-electron chi connectivity index (χ2n) is 4.12. The second kappa shape index (κ2) is 6.09. The highest BCUT2D eigenvalue weighted by atomic mass is 35.5. The minimum absolute atomic E-state index is 0.0592. The Labute approximate surface area is 126 Å². The summed E-state index contributed by atoms with van der Waals surface area (Å²) in [6.45, 7) is 1.66. The number of aliphatic hydroxyl groups is 1. The summed E-state index contributed by atoms with van der Waals surface area (Å²) in [6, 6.07) is 6.84. The highest BCUT2D eigenvalue weighted by Gasteiger charge is 2.21. The summed E-state index contributed by atoms with van der Waals surface area (Å²) in [5.74, 6) is 0. The van der Waals surface area contributed by atoms with Crippen molar-refractivity contribution in [3.8, 4) is 0 Å². The van der Waals surface area contributed by atoms with Crippen molar-refractivity contribution in [3.05, 3.63) is 40.0 Å². The van der Waals surface area contributed by atoms with Crippen molar-refractivity contribution in [2.75, 3.05) is 11.3 Å². The van der Waals surface area contributed by atoms with Gasteiger partial charge in [-0.2, -0.15) is 0 Å². The normalized spacial score (nSPS) is 11.6. The molecule has 0 radical (unpaired) electrons. The average molecular weight is 333 g/mol. The fourth-order valence-corrected chi connectivity index (χ4v) is 4.47. The molecule has 1 aromatic heterocycles. The lowest BCUT2D eigenvalue weighted by molar-refractivity contribution is 0.299. The van der Waals surface area contributed by atoms with Crippen LogP contribution in [0.25, 0.3) is 0 Å². The van der Waals surface area contributed by atoms with Crippen LogP contribution in [-0.4, -0.2) is 25.1 Å². The zero-order valence-corrected chi connectivity index (χ0v) is 13.0. The van der Waals surface area contributed by atoms with Crippen LogP contribution in [0, 0.1) is 6.92 Å². The number of benzene rings is 1. The van der Waals surface area contributed by atoms with Crippen LogP contribution in [0.5, 0.6) is 0 Å². The van der Waals surface area contributed by atoms with E-state index in [9.17, 15) is 8.42 Å². The van der Waals surface area contributed by atoms with Crippen LogP contribution in [0.1, 0.15) is 11.3 Å². The van der Waals surface area contributed by atoms with Gasteiger partial charge < -0.3 is 5.11 Å². The van der Waals surface area contributed by atoms with E-state index in [2.05, 4.69) is 9.71 Å². The Kier molecular flexibility index (Phi) is 4.64. The zero-order chi connectivity index (χ0) is 14.8. The van der Waals surface area contributed by atoms with Gasteiger partial charge in [-0.25, -0.2) is 13.4 Å². The molecule has 0 aliphatic carbocycles. The van der Waals surface area contributed by atoms with E-state index in [1.54, 1.807) is 31.2 Å². The first-order chi connectivity index (χ1) is 9.42. The van der Waals surface area contributed by atoms with Crippen molar-refractivity contribution in [1.82, 2.24) is 4.98 Å². The first-order valence-electron chi connectivity index (χ1n) is 5.78. The van der Waals surface area contributed by atoms with Crippen molar-refractivity contribution in [3.63, 3.8) is 0 Å². The van der Waals surface area contributed by atoms with Crippen LogP contribution in [-0.2, 0) is 16.4 Å². The maximum atomic E-state index is 12.2. The van der Waals surface area contributed by atoms with E-state index in [-0.39, 0.29) is 15.3 Å². The lowest BCUT2D eigenvalue weighted by atomic mass is 10.1. The molecule has 0 unspecified atom stereocenters. The number of hydrogen-bond acceptors (Lipinski definition) is 5. The predicted molar refractivity (Wildman–Crippen MR) is 79.9 cm³/mol. The van der Waals surface area contributed by atoms with Gasteiger partial charge >= 0.3 is 0 Å². The number of rotatable bonds is 5. The molecule has 2 aromatic rings. The molecule has 0 saturated heterocycles. The van der Waals surface area contributed by atoms with Crippen LogP contribution in [0.4, 0.5) is 5.69 Å². The topological polar surface area (TPSA) is 79.3 Å². The molecule has 0 spiro atoms. The zero-order valence-electron chi connectivity index (χ0n) is 10.6. The van der Waals surface area contributed by atoms with Gasteiger partial charge in [0.2, 0.25) is 0 Å². The lowest BCUT2D eigenvalue weighted by Crippen LogP contribution is -2.12. The molecule has 8 heteroatoms. The second-order valence-corrected chi connectivity index (χ2v) is 7.57. The van der Waals surface area contributed by atoms with Crippen molar-refractivity contribution in [1.29, 1.82) is 0 Å². The molecule has 0 amide bonds. The Balaban J connectivity index is 2.22. The van der Waals surface area contributed by atoms with Gasteiger partial charge in [0.1, 0.15) is 0 Å². The third-order valence-corrected chi connectivity index (χ3v) is 5.83. The monoisotopic (exact) mass is 332 g/mol. The third-order valence-electron chi connectivity index (χ3n) is 2.58. The van der Waals surface area contributed by atoms with Crippen LogP contribution >= 0.6 is 22.9 Å². The minimum Gasteiger partial charge on any atom is -0.396 e. The maximum absolute atomic E-state index is 12.2. The molecular formula is C12H13ClN2O3S2. The molecular weight excluding hydrogens is 320 g/mol. The van der Waals surface area contributed by atoms with Gasteiger partial charge in [0.05, 0.1) is 5.69 Å². The van der Waals surface area contributed by atoms with E-state index in [4.69, 9.17) is 16.7 Å². The Morgan fingerprint density at radius 3 is 2.50 bits per heavy atom. The van der Waals surface area contributed by atoms with Gasteiger partial charge in [-0.1, -0.05) is 35.1 Å². The van der Waals surface area contributed by atoms with Crippen LogP contribution in [0.3, 0.4) is 0 Å². The van der Waals surface area contributed by atoms with Crippen molar-refractivity contribution >= 4 is 38.6 Å². The summed E-state index contributed by atoms with van der Waals surface area (Å²) in [5, 5.41) is 8.83. The minimum atomic E-state index is -3.68. The third kappa shape index (κ3) is 3.49. The van der Waals surface area contributed by atoms with Crippen molar-refractivity contribution in [2.45, 2.75) is 17.6 Å². The first-order valence-corrected chi connectivity index (χ1v) is 8.45. The van der Waals surface area contributed by atoms with E-state index >= 15 is 0 Å². The van der Waals surface area contributed by atoms with Gasteiger partial charge in [0, 0.05) is 12.3 Å². The summed E-state index contributed by atoms with van der Waals surface area (Å²) in [6.07, 6.45) is 0.538. The molecule has 0 aliphatic rings. The van der Waals surface area contributed by atoms with Gasteiger partial charge in [-0.15, -0.1) is 0 Å².